The van der Waals surface area contributed by atoms with Gasteiger partial charge >= 0.3 is 11.7 Å². The molecule has 7 atom stereocenters. The lowest BCUT2D eigenvalue weighted by Gasteiger charge is -2.61. The summed E-state index contributed by atoms with van der Waals surface area (Å²) in [5.74, 6) is 0.887. The van der Waals surface area contributed by atoms with Crippen LogP contribution in [0.4, 0.5) is 4.79 Å². The van der Waals surface area contributed by atoms with E-state index in [1.165, 1.54) is 11.6 Å². The Kier molecular flexibility index (Phi) is 5.87. The van der Waals surface area contributed by atoms with Crippen molar-refractivity contribution in [3.63, 3.8) is 0 Å². The SMILES string of the molecule is CC12CCC(OC(=O)N3CCOCC3)C=C1CCC1C2CCC2(C)C(c3ccc(=O)oc3)CCC12O. The van der Waals surface area contributed by atoms with Crippen molar-refractivity contribution < 1.29 is 23.8 Å². The molecule has 1 amide bonds. The lowest BCUT2D eigenvalue weighted by atomic mass is 9.45. The van der Waals surface area contributed by atoms with E-state index < -0.39 is 5.60 Å². The number of fused-ring (bicyclic) bond motifs is 5. The van der Waals surface area contributed by atoms with Gasteiger partial charge in [-0.3, -0.25) is 0 Å². The standard InChI is InChI=1S/C29H39NO6/c1-27-10-7-21(36-26(32)30-13-15-34-16-14-30)17-20(27)4-5-24-23(27)8-11-28(2)22(9-12-29(24,28)33)19-3-6-25(31)35-18-19/h3,6,17-18,21-24,33H,4-5,7-16H2,1-2H3. The summed E-state index contributed by atoms with van der Waals surface area (Å²) >= 11 is 0. The number of allylic oxidation sites excluding steroid dienone is 1. The van der Waals surface area contributed by atoms with Crippen molar-refractivity contribution in [1.82, 2.24) is 4.90 Å². The molecule has 1 N–H and O–H groups in total. The van der Waals surface area contributed by atoms with E-state index in [-0.39, 0.29) is 40.5 Å². The van der Waals surface area contributed by atoms with Crippen molar-refractivity contribution in [1.29, 1.82) is 0 Å². The fraction of sp³-hybridized carbons (Fsp3) is 0.724. The molecular formula is C29H39NO6. The van der Waals surface area contributed by atoms with Gasteiger partial charge in [0.1, 0.15) is 6.10 Å². The van der Waals surface area contributed by atoms with Crippen molar-refractivity contribution in [2.75, 3.05) is 26.3 Å². The smallest absolute Gasteiger partial charge is 0.410 e. The van der Waals surface area contributed by atoms with Crippen molar-refractivity contribution >= 4 is 6.09 Å². The number of carbonyl (C=O) groups is 1. The van der Waals surface area contributed by atoms with E-state index in [0.29, 0.717) is 32.2 Å². The number of carbonyl (C=O) groups excluding carboxylic acids is 1. The zero-order valence-electron chi connectivity index (χ0n) is 21.5. The first kappa shape index (κ1) is 24.2. The maximum absolute atomic E-state index is 12.7. The highest BCUT2D eigenvalue weighted by Crippen LogP contribution is 2.70. The maximum Gasteiger partial charge on any atom is 0.410 e. The van der Waals surface area contributed by atoms with Crippen molar-refractivity contribution in [3.8, 4) is 0 Å². The minimum atomic E-state index is -0.717. The van der Waals surface area contributed by atoms with Gasteiger partial charge in [-0.2, -0.15) is 0 Å². The minimum absolute atomic E-state index is 0.0411. The van der Waals surface area contributed by atoms with Gasteiger partial charge in [0.15, 0.2) is 0 Å². The van der Waals surface area contributed by atoms with Crippen LogP contribution < -0.4 is 5.63 Å². The van der Waals surface area contributed by atoms with Gasteiger partial charge in [0.25, 0.3) is 0 Å². The lowest BCUT2D eigenvalue weighted by molar-refractivity contribution is -0.178. The van der Waals surface area contributed by atoms with E-state index in [1.54, 1.807) is 11.2 Å². The molecule has 1 aromatic rings. The van der Waals surface area contributed by atoms with Crippen LogP contribution in [0.15, 0.2) is 39.3 Å². The molecule has 0 aromatic carbocycles. The molecule has 0 spiro atoms. The van der Waals surface area contributed by atoms with E-state index in [4.69, 9.17) is 13.9 Å². The second kappa shape index (κ2) is 8.73. The van der Waals surface area contributed by atoms with Crippen LogP contribution in [0.3, 0.4) is 0 Å². The summed E-state index contributed by atoms with van der Waals surface area (Å²) in [4.78, 5) is 25.9. The fourth-order valence-corrected chi connectivity index (χ4v) is 8.81. The molecule has 1 aliphatic heterocycles. The third-order valence-electron chi connectivity index (χ3n) is 10.9. The van der Waals surface area contributed by atoms with Gasteiger partial charge in [0, 0.05) is 24.6 Å². The first-order valence-electron chi connectivity index (χ1n) is 13.8. The van der Waals surface area contributed by atoms with Crippen LogP contribution >= 0.6 is 0 Å². The van der Waals surface area contributed by atoms with Crippen LogP contribution in [-0.2, 0) is 9.47 Å². The first-order valence-corrected chi connectivity index (χ1v) is 13.8. The Morgan fingerprint density at radius 1 is 1.06 bits per heavy atom. The second-order valence-corrected chi connectivity index (χ2v) is 12.3. The summed E-state index contributed by atoms with van der Waals surface area (Å²) in [7, 11) is 0. The third-order valence-corrected chi connectivity index (χ3v) is 10.9. The second-order valence-electron chi connectivity index (χ2n) is 12.3. The van der Waals surface area contributed by atoms with E-state index in [0.717, 1.165) is 56.9 Å². The predicted molar refractivity (Wildman–Crippen MR) is 134 cm³/mol. The molecule has 0 bridgehead atoms. The molecule has 5 aliphatic rings. The summed E-state index contributed by atoms with van der Waals surface area (Å²) in [6.45, 7) is 6.99. The molecule has 1 saturated heterocycles. The highest BCUT2D eigenvalue weighted by Gasteiger charge is 2.66. The van der Waals surface area contributed by atoms with Crippen LogP contribution in [0, 0.1) is 22.7 Å². The van der Waals surface area contributed by atoms with Gasteiger partial charge in [-0.25, -0.2) is 9.59 Å². The number of hydrogen-bond acceptors (Lipinski definition) is 6. The van der Waals surface area contributed by atoms with Crippen molar-refractivity contribution in [3.05, 3.63) is 46.0 Å². The molecule has 0 radical (unpaired) electrons. The van der Waals surface area contributed by atoms with E-state index in [9.17, 15) is 14.7 Å². The molecule has 7 nitrogen and oxygen atoms in total. The number of hydrogen-bond donors (Lipinski definition) is 1. The average Bonchev–Trinajstić information content (AvgIpc) is 3.16. The van der Waals surface area contributed by atoms with Gasteiger partial charge in [-0.05, 0) is 92.2 Å². The van der Waals surface area contributed by atoms with Gasteiger partial charge in [-0.15, -0.1) is 0 Å². The van der Waals surface area contributed by atoms with Gasteiger partial charge in [-0.1, -0.05) is 19.4 Å². The highest BCUT2D eigenvalue weighted by atomic mass is 16.6. The Bertz CT molecular complexity index is 1090. The number of morpholine rings is 1. The molecule has 7 unspecified atom stereocenters. The van der Waals surface area contributed by atoms with Crippen molar-refractivity contribution in [2.45, 2.75) is 82.8 Å². The van der Waals surface area contributed by atoms with Crippen molar-refractivity contribution in [2.24, 2.45) is 22.7 Å². The summed E-state index contributed by atoms with van der Waals surface area (Å²) in [6, 6.07) is 3.40. The Morgan fingerprint density at radius 2 is 1.86 bits per heavy atom. The normalized spacial score (nSPS) is 42.1. The molecule has 196 valence electrons. The molecular weight excluding hydrogens is 458 g/mol. The molecule has 6 rings (SSSR count). The minimum Gasteiger partial charge on any atom is -0.442 e. The molecule has 4 fully saturated rings. The number of aliphatic hydroxyl groups is 1. The summed E-state index contributed by atoms with van der Waals surface area (Å²) in [5, 5.41) is 12.4. The Morgan fingerprint density at radius 3 is 2.61 bits per heavy atom. The average molecular weight is 498 g/mol. The van der Waals surface area contributed by atoms with Gasteiger partial charge < -0.3 is 23.9 Å². The molecule has 3 saturated carbocycles. The van der Waals surface area contributed by atoms with Crippen LogP contribution in [-0.4, -0.2) is 54.1 Å². The Labute approximate surface area is 212 Å². The Hall–Kier alpha value is -2.12. The zero-order chi connectivity index (χ0) is 25.1. The molecule has 1 aromatic heterocycles. The topological polar surface area (TPSA) is 89.2 Å². The van der Waals surface area contributed by atoms with E-state index in [2.05, 4.69) is 19.9 Å². The van der Waals surface area contributed by atoms with Gasteiger partial charge in [0.05, 0.1) is 25.1 Å². The number of amides is 1. The van der Waals surface area contributed by atoms with Gasteiger partial charge in [0.2, 0.25) is 0 Å². The van der Waals surface area contributed by atoms with Crippen LogP contribution in [0.25, 0.3) is 0 Å². The quantitative estimate of drug-likeness (QED) is 0.599. The number of nitrogens with zero attached hydrogens (tertiary/aromatic N) is 1. The van der Waals surface area contributed by atoms with Crippen LogP contribution in [0.2, 0.25) is 0 Å². The molecule has 2 heterocycles. The predicted octanol–water partition coefficient (Wildman–Crippen LogP) is 4.64. The van der Waals surface area contributed by atoms with E-state index in [1.807, 2.05) is 6.07 Å². The largest absolute Gasteiger partial charge is 0.442 e. The Balaban J connectivity index is 1.21. The monoisotopic (exact) mass is 497 g/mol. The first-order chi connectivity index (χ1) is 17.2. The number of rotatable bonds is 2. The molecule has 4 aliphatic carbocycles. The lowest BCUT2D eigenvalue weighted by Crippen LogP contribution is -2.60. The number of ether oxygens (including phenoxy) is 2. The van der Waals surface area contributed by atoms with E-state index >= 15 is 0 Å². The summed E-state index contributed by atoms with van der Waals surface area (Å²) in [6.07, 6.45) is 11.0. The molecule has 7 heteroatoms. The van der Waals surface area contributed by atoms with Crippen LogP contribution in [0.1, 0.15) is 76.7 Å². The zero-order valence-corrected chi connectivity index (χ0v) is 21.5. The summed E-state index contributed by atoms with van der Waals surface area (Å²) in [5.41, 5.74) is 1.23. The highest BCUT2D eigenvalue weighted by molar-refractivity contribution is 5.68. The summed E-state index contributed by atoms with van der Waals surface area (Å²) < 4.78 is 16.5. The third kappa shape index (κ3) is 3.60. The molecule has 36 heavy (non-hydrogen) atoms. The van der Waals surface area contributed by atoms with Crippen LogP contribution in [0.5, 0.6) is 0 Å². The fourth-order valence-electron chi connectivity index (χ4n) is 8.81. The maximum atomic E-state index is 12.7.